The van der Waals surface area contributed by atoms with Crippen LogP contribution < -0.4 is 0 Å². The van der Waals surface area contributed by atoms with Gasteiger partial charge in [0.05, 0.1) is 0 Å². The fraction of sp³-hybridized carbons (Fsp3) is 0. The van der Waals surface area contributed by atoms with Crippen molar-refractivity contribution in [3.63, 3.8) is 0 Å². The second-order valence-corrected chi connectivity index (χ2v) is 16.8. The molecule has 0 aliphatic rings. The van der Waals surface area contributed by atoms with Gasteiger partial charge in [-0.3, -0.25) is 0 Å². The lowest BCUT2D eigenvalue weighted by Gasteiger charge is -2.20. The van der Waals surface area contributed by atoms with Crippen LogP contribution in [0.4, 0.5) is 0 Å². The van der Waals surface area contributed by atoms with Crippen molar-refractivity contribution in [3.05, 3.63) is 231 Å². The summed E-state index contributed by atoms with van der Waals surface area (Å²) in [5, 5.41) is 9.34. The van der Waals surface area contributed by atoms with Gasteiger partial charge in [-0.15, -0.1) is 0 Å². The molecule has 0 saturated heterocycles. The largest absolute Gasteiger partial charge is 0.456 e. The summed E-state index contributed by atoms with van der Waals surface area (Å²) in [4.78, 5) is 0. The van der Waals surface area contributed by atoms with Gasteiger partial charge < -0.3 is 8.83 Å². The van der Waals surface area contributed by atoms with Crippen molar-refractivity contribution >= 4 is 65.4 Å². The van der Waals surface area contributed by atoms with Crippen LogP contribution in [0.3, 0.4) is 0 Å². The molecule has 2 heterocycles. The normalized spacial score (nSPS) is 11.8. The van der Waals surface area contributed by atoms with E-state index >= 15 is 0 Å². The van der Waals surface area contributed by atoms with Gasteiger partial charge >= 0.3 is 0 Å². The van der Waals surface area contributed by atoms with Gasteiger partial charge in [0.25, 0.3) is 0 Å². The summed E-state index contributed by atoms with van der Waals surface area (Å²) in [6.07, 6.45) is 0. The number of hydrogen-bond donors (Lipinski definition) is 0. The highest BCUT2D eigenvalue weighted by atomic mass is 16.3. The second-order valence-electron chi connectivity index (χ2n) is 16.8. The van der Waals surface area contributed by atoms with E-state index in [0.717, 1.165) is 66.1 Å². The summed E-state index contributed by atoms with van der Waals surface area (Å²) in [6, 6.07) is 83.4. The van der Waals surface area contributed by atoms with Crippen molar-refractivity contribution in [2.45, 2.75) is 0 Å². The van der Waals surface area contributed by atoms with E-state index in [2.05, 4.69) is 206 Å². The number of furan rings is 2. The number of rotatable bonds is 6. The molecule has 11 aromatic carbocycles. The monoisotopic (exact) mass is 814 g/mol. The summed E-state index contributed by atoms with van der Waals surface area (Å²) < 4.78 is 12.5. The molecule has 0 amide bonds. The van der Waals surface area contributed by atoms with Gasteiger partial charge in [0, 0.05) is 21.5 Å². The summed E-state index contributed by atoms with van der Waals surface area (Å²) in [5.41, 5.74) is 17.8. The number of para-hydroxylation sites is 2. The molecular weight excluding hydrogens is 777 g/mol. The first-order valence-corrected chi connectivity index (χ1v) is 21.9. The molecule has 0 N–H and O–H groups in total. The minimum Gasteiger partial charge on any atom is -0.456 e. The number of benzene rings is 11. The third kappa shape index (κ3) is 5.95. The van der Waals surface area contributed by atoms with Crippen LogP contribution in [0.2, 0.25) is 0 Å². The molecule has 2 heteroatoms. The van der Waals surface area contributed by atoms with E-state index in [4.69, 9.17) is 8.83 Å². The Balaban J connectivity index is 1.07. The highest BCUT2D eigenvalue weighted by Crippen LogP contribution is 2.47. The Morgan fingerprint density at radius 2 is 0.500 bits per heavy atom. The predicted octanol–water partition coefficient (Wildman–Crippen LogP) is 17.8. The van der Waals surface area contributed by atoms with Crippen LogP contribution in [0.15, 0.2) is 239 Å². The lowest BCUT2D eigenvalue weighted by Crippen LogP contribution is -1.93. The van der Waals surface area contributed by atoms with Crippen LogP contribution in [0.1, 0.15) is 0 Å². The van der Waals surface area contributed by atoms with Gasteiger partial charge in [0.2, 0.25) is 0 Å². The fourth-order valence-corrected chi connectivity index (χ4v) is 9.99. The predicted molar refractivity (Wildman–Crippen MR) is 269 cm³/mol. The maximum absolute atomic E-state index is 6.23. The Kier molecular flexibility index (Phi) is 8.25. The molecule has 0 bridgehead atoms. The van der Waals surface area contributed by atoms with E-state index in [1.807, 2.05) is 24.3 Å². The molecule has 0 saturated carbocycles. The molecule has 0 fully saturated rings. The summed E-state index contributed by atoms with van der Waals surface area (Å²) in [7, 11) is 0. The molecule has 0 aliphatic carbocycles. The van der Waals surface area contributed by atoms with Gasteiger partial charge in [-0.05, 0) is 149 Å². The van der Waals surface area contributed by atoms with E-state index < -0.39 is 0 Å². The smallest absolute Gasteiger partial charge is 0.135 e. The van der Waals surface area contributed by atoms with Crippen LogP contribution >= 0.6 is 0 Å². The standard InChI is InChI=1S/C62H38O2/c1-3-13-39(14-4-1)43-25-29-51-55(37-43)61(47-19-11-17-41(33-47)45-27-31-59-53(35-45)49-21-7-9-23-57(49)63-59)52-30-26-44(40-15-5-2-6-16-40)38-56(52)62(51)48-20-12-18-42(34-48)46-28-32-60-54(36-46)50-22-8-10-24-58(50)64-60/h1-38H. The molecule has 2 nitrogen and oxygen atoms in total. The van der Waals surface area contributed by atoms with Gasteiger partial charge in [-0.2, -0.15) is 0 Å². The van der Waals surface area contributed by atoms with Crippen molar-refractivity contribution < 1.29 is 8.83 Å². The van der Waals surface area contributed by atoms with Crippen molar-refractivity contribution in [1.29, 1.82) is 0 Å². The quantitative estimate of drug-likeness (QED) is 0.156. The van der Waals surface area contributed by atoms with E-state index in [9.17, 15) is 0 Å². The van der Waals surface area contributed by atoms with E-state index in [-0.39, 0.29) is 0 Å². The average Bonchev–Trinajstić information content (AvgIpc) is 3.93. The zero-order valence-electron chi connectivity index (χ0n) is 34.8. The molecule has 0 radical (unpaired) electrons. The first-order valence-electron chi connectivity index (χ1n) is 21.9. The van der Waals surface area contributed by atoms with Gasteiger partial charge in [0.15, 0.2) is 0 Å². The Bertz CT molecular complexity index is 3680. The molecule has 0 atom stereocenters. The molecule has 13 aromatic rings. The highest BCUT2D eigenvalue weighted by molar-refractivity contribution is 6.23. The average molecular weight is 815 g/mol. The van der Waals surface area contributed by atoms with Gasteiger partial charge in [-0.25, -0.2) is 0 Å². The van der Waals surface area contributed by atoms with Crippen LogP contribution in [0.25, 0.3) is 132 Å². The van der Waals surface area contributed by atoms with Crippen molar-refractivity contribution in [2.75, 3.05) is 0 Å². The van der Waals surface area contributed by atoms with Crippen molar-refractivity contribution in [1.82, 2.24) is 0 Å². The highest BCUT2D eigenvalue weighted by Gasteiger charge is 2.20. The molecule has 13 rings (SSSR count). The third-order valence-electron chi connectivity index (χ3n) is 13.1. The number of hydrogen-bond acceptors (Lipinski definition) is 2. The zero-order chi connectivity index (χ0) is 42.1. The first kappa shape index (κ1) is 36.2. The van der Waals surface area contributed by atoms with Crippen LogP contribution in [0.5, 0.6) is 0 Å². The molecule has 64 heavy (non-hydrogen) atoms. The van der Waals surface area contributed by atoms with E-state index in [1.54, 1.807) is 0 Å². The third-order valence-corrected chi connectivity index (χ3v) is 13.1. The fourth-order valence-electron chi connectivity index (χ4n) is 9.99. The summed E-state index contributed by atoms with van der Waals surface area (Å²) in [6.45, 7) is 0. The molecule has 298 valence electrons. The molecule has 0 spiro atoms. The molecule has 0 aliphatic heterocycles. The minimum atomic E-state index is 0.899. The van der Waals surface area contributed by atoms with E-state index in [0.29, 0.717) is 0 Å². The Morgan fingerprint density at radius 1 is 0.172 bits per heavy atom. The first-order chi connectivity index (χ1) is 31.7. The van der Waals surface area contributed by atoms with Gasteiger partial charge in [0.1, 0.15) is 22.3 Å². The summed E-state index contributed by atoms with van der Waals surface area (Å²) in [5.74, 6) is 0. The Morgan fingerprint density at radius 3 is 0.969 bits per heavy atom. The molecular formula is C62H38O2. The topological polar surface area (TPSA) is 26.3 Å². The van der Waals surface area contributed by atoms with Crippen molar-refractivity contribution in [2.24, 2.45) is 0 Å². The summed E-state index contributed by atoms with van der Waals surface area (Å²) >= 11 is 0. The zero-order valence-corrected chi connectivity index (χ0v) is 34.8. The van der Waals surface area contributed by atoms with Crippen LogP contribution in [0, 0.1) is 0 Å². The lowest BCUT2D eigenvalue weighted by molar-refractivity contribution is 0.668. The maximum atomic E-state index is 6.23. The lowest BCUT2D eigenvalue weighted by atomic mass is 9.83. The maximum Gasteiger partial charge on any atom is 0.135 e. The Labute approximate surface area is 369 Å². The van der Waals surface area contributed by atoms with E-state index in [1.165, 1.54) is 66.1 Å². The second kappa shape index (κ2) is 14.6. The minimum absolute atomic E-state index is 0.899. The molecule has 0 unspecified atom stereocenters. The van der Waals surface area contributed by atoms with Crippen molar-refractivity contribution in [3.8, 4) is 66.8 Å². The van der Waals surface area contributed by atoms with Crippen LogP contribution in [-0.2, 0) is 0 Å². The number of fused-ring (bicyclic) bond motifs is 8. The SMILES string of the molecule is c1ccc(-c2ccc3c(-c4cccc(-c5ccc6oc7ccccc7c6c5)c4)c4cc(-c5ccccc5)ccc4c(-c4cccc(-c5ccc6oc7ccccc7c6c5)c4)c3c2)cc1. The van der Waals surface area contributed by atoms with Gasteiger partial charge in [-0.1, -0.05) is 170 Å². The Hall–Kier alpha value is -8.46. The molecule has 2 aromatic heterocycles. The van der Waals surface area contributed by atoms with Crippen LogP contribution in [-0.4, -0.2) is 0 Å².